The van der Waals surface area contributed by atoms with E-state index in [0.29, 0.717) is 17.1 Å². The van der Waals surface area contributed by atoms with Crippen molar-refractivity contribution in [3.8, 4) is 11.5 Å². The number of carbonyl (C=O) groups is 2. The van der Waals surface area contributed by atoms with E-state index in [1.807, 2.05) is 19.1 Å². The van der Waals surface area contributed by atoms with Gasteiger partial charge in [0.1, 0.15) is 17.1 Å². The molecule has 0 radical (unpaired) electrons. The predicted molar refractivity (Wildman–Crippen MR) is 89.9 cm³/mol. The maximum Gasteiger partial charge on any atom is 0.346 e. The first-order valence-electron chi connectivity index (χ1n) is 7.50. The van der Waals surface area contributed by atoms with Crippen molar-refractivity contribution in [2.75, 3.05) is 14.2 Å². The monoisotopic (exact) mass is 328 g/mol. The Kier molecular flexibility index (Phi) is 5.58. The van der Waals surface area contributed by atoms with Crippen molar-refractivity contribution in [3.63, 3.8) is 0 Å². The largest absolute Gasteiger partial charge is 0.496 e. The molecule has 0 N–H and O–H groups in total. The van der Waals surface area contributed by atoms with Gasteiger partial charge >= 0.3 is 5.97 Å². The number of aryl methyl sites for hydroxylation is 1. The maximum absolute atomic E-state index is 12.5. The van der Waals surface area contributed by atoms with Crippen LogP contribution in [-0.2, 0) is 4.74 Å². The lowest BCUT2D eigenvalue weighted by atomic mass is 10.1. The van der Waals surface area contributed by atoms with Crippen molar-refractivity contribution in [1.29, 1.82) is 0 Å². The summed E-state index contributed by atoms with van der Waals surface area (Å²) in [6.07, 6.45) is -0.921. The minimum absolute atomic E-state index is 0.158. The zero-order chi connectivity index (χ0) is 17.7. The van der Waals surface area contributed by atoms with Gasteiger partial charge in [0.2, 0.25) is 5.78 Å². The summed E-state index contributed by atoms with van der Waals surface area (Å²) >= 11 is 0. The summed E-state index contributed by atoms with van der Waals surface area (Å²) in [4.78, 5) is 24.9. The zero-order valence-corrected chi connectivity index (χ0v) is 14.2. The van der Waals surface area contributed by atoms with Crippen LogP contribution in [0, 0.1) is 6.92 Å². The minimum atomic E-state index is -0.921. The molecule has 2 aromatic carbocycles. The van der Waals surface area contributed by atoms with Crippen LogP contribution in [0.15, 0.2) is 42.5 Å². The van der Waals surface area contributed by atoms with E-state index in [0.717, 1.165) is 5.56 Å². The normalized spacial score (nSPS) is 11.5. The lowest BCUT2D eigenvalue weighted by Crippen LogP contribution is -2.25. The van der Waals surface area contributed by atoms with Gasteiger partial charge in [0.25, 0.3) is 0 Å². The van der Waals surface area contributed by atoms with Gasteiger partial charge in [-0.2, -0.15) is 0 Å². The summed E-state index contributed by atoms with van der Waals surface area (Å²) in [6.45, 7) is 3.48. The molecule has 0 aliphatic heterocycles. The fraction of sp³-hybridized carbons (Fsp3) is 0.263. The van der Waals surface area contributed by atoms with Crippen molar-refractivity contribution in [1.82, 2.24) is 0 Å². The molecular weight excluding hydrogens is 308 g/mol. The second kappa shape index (κ2) is 7.64. The third-order valence-electron chi connectivity index (χ3n) is 3.62. The quantitative estimate of drug-likeness (QED) is 0.600. The van der Waals surface area contributed by atoms with Crippen LogP contribution in [0.25, 0.3) is 0 Å². The summed E-state index contributed by atoms with van der Waals surface area (Å²) in [6, 6.07) is 12.1. The standard InChI is InChI=1S/C19H20O5/c1-12-8-10-14(11-9-12)18(20)13(2)24-19(21)17-15(22-3)6-5-7-16(17)23-4/h5-11,13H,1-4H3. The van der Waals surface area contributed by atoms with Crippen molar-refractivity contribution in [3.05, 3.63) is 59.2 Å². The van der Waals surface area contributed by atoms with Crippen LogP contribution in [0.2, 0.25) is 0 Å². The first-order valence-corrected chi connectivity index (χ1v) is 7.50. The number of benzene rings is 2. The highest BCUT2D eigenvalue weighted by Crippen LogP contribution is 2.29. The van der Waals surface area contributed by atoms with Crippen molar-refractivity contribution in [2.45, 2.75) is 20.0 Å². The van der Waals surface area contributed by atoms with Gasteiger partial charge < -0.3 is 14.2 Å². The number of ketones is 1. The van der Waals surface area contributed by atoms with E-state index in [9.17, 15) is 9.59 Å². The van der Waals surface area contributed by atoms with E-state index in [2.05, 4.69) is 0 Å². The van der Waals surface area contributed by atoms with Crippen LogP contribution in [0.1, 0.15) is 33.2 Å². The zero-order valence-electron chi connectivity index (χ0n) is 14.2. The highest BCUT2D eigenvalue weighted by Gasteiger charge is 2.25. The number of rotatable bonds is 6. The molecule has 2 aromatic rings. The Balaban J connectivity index is 2.20. The molecule has 0 saturated carbocycles. The number of carbonyl (C=O) groups excluding carboxylic acids is 2. The highest BCUT2D eigenvalue weighted by molar-refractivity contribution is 6.02. The topological polar surface area (TPSA) is 61.8 Å². The first-order chi connectivity index (χ1) is 11.5. The molecular formula is C19H20O5. The summed E-state index contributed by atoms with van der Waals surface area (Å²) < 4.78 is 15.7. The van der Waals surface area contributed by atoms with E-state index >= 15 is 0 Å². The van der Waals surface area contributed by atoms with E-state index in [4.69, 9.17) is 14.2 Å². The van der Waals surface area contributed by atoms with Crippen molar-refractivity contribution < 1.29 is 23.8 Å². The summed E-state index contributed by atoms with van der Waals surface area (Å²) in [5.74, 6) is -0.279. The third-order valence-corrected chi connectivity index (χ3v) is 3.62. The first kappa shape index (κ1) is 17.5. The second-order valence-corrected chi connectivity index (χ2v) is 5.32. The Labute approximate surface area is 141 Å². The SMILES string of the molecule is COc1cccc(OC)c1C(=O)OC(C)C(=O)c1ccc(C)cc1. The Bertz CT molecular complexity index is 712. The maximum atomic E-state index is 12.5. The van der Waals surface area contributed by atoms with Gasteiger partial charge in [0, 0.05) is 5.56 Å². The number of ether oxygens (including phenoxy) is 3. The molecule has 0 aromatic heterocycles. The lowest BCUT2D eigenvalue weighted by molar-refractivity contribution is 0.0313. The minimum Gasteiger partial charge on any atom is -0.496 e. The van der Waals surface area contributed by atoms with Gasteiger partial charge in [-0.3, -0.25) is 4.79 Å². The number of esters is 1. The molecule has 1 atom stereocenters. The predicted octanol–water partition coefficient (Wildman–Crippen LogP) is 3.44. The van der Waals surface area contributed by atoms with Crippen LogP contribution < -0.4 is 9.47 Å². The number of Topliss-reactive ketones (excluding diaryl/α,β-unsaturated/α-hetero) is 1. The second-order valence-electron chi connectivity index (χ2n) is 5.32. The van der Waals surface area contributed by atoms with Gasteiger partial charge in [0.05, 0.1) is 14.2 Å². The average molecular weight is 328 g/mol. The Morgan fingerprint density at radius 2 is 1.46 bits per heavy atom. The molecule has 2 rings (SSSR count). The summed E-state index contributed by atoms with van der Waals surface area (Å²) in [5.41, 5.74) is 1.70. The molecule has 0 amide bonds. The fourth-order valence-corrected chi connectivity index (χ4v) is 2.28. The molecule has 0 fully saturated rings. The summed E-state index contributed by atoms with van der Waals surface area (Å²) in [7, 11) is 2.90. The molecule has 126 valence electrons. The van der Waals surface area contributed by atoms with Gasteiger partial charge in [-0.1, -0.05) is 35.9 Å². The number of hydrogen-bond acceptors (Lipinski definition) is 5. The van der Waals surface area contributed by atoms with Crippen LogP contribution in [0.5, 0.6) is 11.5 Å². The van der Waals surface area contributed by atoms with Gasteiger partial charge in [-0.25, -0.2) is 4.79 Å². The van der Waals surface area contributed by atoms with Gasteiger partial charge in [-0.15, -0.1) is 0 Å². The van der Waals surface area contributed by atoms with Crippen LogP contribution in [-0.4, -0.2) is 32.1 Å². The van der Waals surface area contributed by atoms with E-state index in [1.54, 1.807) is 37.3 Å². The molecule has 0 saturated heterocycles. The highest BCUT2D eigenvalue weighted by atomic mass is 16.6. The van der Waals surface area contributed by atoms with E-state index in [1.165, 1.54) is 14.2 Å². The Morgan fingerprint density at radius 3 is 1.96 bits per heavy atom. The number of methoxy groups -OCH3 is 2. The van der Waals surface area contributed by atoms with E-state index in [-0.39, 0.29) is 11.3 Å². The van der Waals surface area contributed by atoms with Crippen LogP contribution >= 0.6 is 0 Å². The molecule has 0 heterocycles. The summed E-state index contributed by atoms with van der Waals surface area (Å²) in [5, 5.41) is 0. The molecule has 1 unspecified atom stereocenters. The van der Waals surface area contributed by atoms with Crippen LogP contribution in [0.4, 0.5) is 0 Å². The van der Waals surface area contributed by atoms with Gasteiger partial charge in [-0.05, 0) is 26.0 Å². The third kappa shape index (κ3) is 3.74. The number of hydrogen-bond donors (Lipinski definition) is 0. The Hall–Kier alpha value is -2.82. The average Bonchev–Trinajstić information content (AvgIpc) is 2.60. The fourth-order valence-electron chi connectivity index (χ4n) is 2.28. The van der Waals surface area contributed by atoms with Crippen molar-refractivity contribution in [2.24, 2.45) is 0 Å². The van der Waals surface area contributed by atoms with E-state index < -0.39 is 12.1 Å². The van der Waals surface area contributed by atoms with Gasteiger partial charge in [0.15, 0.2) is 6.10 Å². The van der Waals surface area contributed by atoms with Crippen LogP contribution in [0.3, 0.4) is 0 Å². The molecule has 0 spiro atoms. The molecule has 5 nitrogen and oxygen atoms in total. The molecule has 5 heteroatoms. The molecule has 0 bridgehead atoms. The Morgan fingerprint density at radius 1 is 0.917 bits per heavy atom. The smallest absolute Gasteiger partial charge is 0.346 e. The van der Waals surface area contributed by atoms with Crippen molar-refractivity contribution >= 4 is 11.8 Å². The molecule has 0 aliphatic carbocycles. The molecule has 24 heavy (non-hydrogen) atoms. The molecule has 0 aliphatic rings. The lowest BCUT2D eigenvalue weighted by Gasteiger charge is -2.16.